The number of benzene rings is 2. The number of primary amides is 1. The zero-order valence-corrected chi connectivity index (χ0v) is 15.2. The molecule has 1 heterocycles. The van der Waals surface area contributed by atoms with Crippen molar-refractivity contribution in [1.29, 1.82) is 0 Å². The third kappa shape index (κ3) is 4.27. The van der Waals surface area contributed by atoms with Gasteiger partial charge in [-0.15, -0.1) is 0 Å². The predicted octanol–water partition coefficient (Wildman–Crippen LogP) is 3.04. The fourth-order valence-corrected chi connectivity index (χ4v) is 2.79. The van der Waals surface area contributed by atoms with E-state index in [4.69, 9.17) is 17.3 Å². The summed E-state index contributed by atoms with van der Waals surface area (Å²) in [4.78, 5) is 35.7. The van der Waals surface area contributed by atoms with Crippen molar-refractivity contribution < 1.29 is 14.0 Å². The van der Waals surface area contributed by atoms with Crippen LogP contribution in [0.3, 0.4) is 0 Å². The highest BCUT2D eigenvalue weighted by atomic mass is 35.5. The summed E-state index contributed by atoms with van der Waals surface area (Å²) in [5.41, 5.74) is 5.90. The lowest BCUT2D eigenvalue weighted by molar-refractivity contribution is 0.0998. The van der Waals surface area contributed by atoms with Crippen LogP contribution in [0, 0.1) is 5.82 Å². The van der Waals surface area contributed by atoms with Crippen molar-refractivity contribution in [1.82, 2.24) is 4.57 Å². The molecular weight excluding hydrogens is 385 g/mol. The SMILES string of the molecule is NC(=O)c1ccc(NC(=O)c2ccc(=O)n(Cc3c(F)cccc3Cl)c2)cc1. The minimum Gasteiger partial charge on any atom is -0.366 e. The molecule has 142 valence electrons. The van der Waals surface area contributed by atoms with Gasteiger partial charge in [-0.05, 0) is 42.5 Å². The van der Waals surface area contributed by atoms with Crippen molar-refractivity contribution in [2.24, 2.45) is 5.73 Å². The second-order valence-electron chi connectivity index (χ2n) is 5.98. The average molecular weight is 400 g/mol. The maximum absolute atomic E-state index is 14.0. The first kappa shape index (κ1) is 19.3. The Morgan fingerprint density at radius 3 is 2.36 bits per heavy atom. The lowest BCUT2D eigenvalue weighted by Crippen LogP contribution is -2.23. The molecule has 0 saturated heterocycles. The van der Waals surface area contributed by atoms with Crippen LogP contribution in [0.4, 0.5) is 10.1 Å². The summed E-state index contributed by atoms with van der Waals surface area (Å²) in [6.07, 6.45) is 1.33. The van der Waals surface area contributed by atoms with Crippen molar-refractivity contribution in [3.8, 4) is 0 Å². The summed E-state index contributed by atoms with van der Waals surface area (Å²) in [6.45, 7) is -0.112. The maximum atomic E-state index is 14.0. The van der Waals surface area contributed by atoms with E-state index in [2.05, 4.69) is 5.32 Å². The van der Waals surface area contributed by atoms with Crippen LogP contribution in [0.25, 0.3) is 0 Å². The molecule has 3 N–H and O–H groups in total. The molecule has 0 radical (unpaired) electrons. The van der Waals surface area contributed by atoms with Gasteiger partial charge >= 0.3 is 0 Å². The number of aromatic nitrogens is 1. The van der Waals surface area contributed by atoms with E-state index in [1.807, 2.05) is 0 Å². The summed E-state index contributed by atoms with van der Waals surface area (Å²) in [5, 5.41) is 2.84. The van der Waals surface area contributed by atoms with Crippen molar-refractivity contribution in [2.75, 3.05) is 5.32 Å². The van der Waals surface area contributed by atoms with Gasteiger partial charge < -0.3 is 15.6 Å². The number of amides is 2. The Kier molecular flexibility index (Phi) is 5.56. The first-order chi connectivity index (χ1) is 13.3. The zero-order valence-electron chi connectivity index (χ0n) is 14.5. The van der Waals surface area contributed by atoms with Crippen molar-refractivity contribution in [3.05, 3.63) is 98.7 Å². The molecule has 0 aliphatic rings. The van der Waals surface area contributed by atoms with Crippen LogP contribution < -0.4 is 16.6 Å². The second-order valence-corrected chi connectivity index (χ2v) is 6.39. The quantitative estimate of drug-likeness (QED) is 0.690. The number of halogens is 2. The first-order valence-electron chi connectivity index (χ1n) is 8.20. The Hall–Kier alpha value is -3.45. The minimum atomic E-state index is -0.572. The van der Waals surface area contributed by atoms with Gasteiger partial charge in [-0.2, -0.15) is 0 Å². The number of nitrogens with zero attached hydrogens (tertiary/aromatic N) is 1. The van der Waals surface area contributed by atoms with Crippen molar-refractivity contribution in [2.45, 2.75) is 6.54 Å². The highest BCUT2D eigenvalue weighted by Gasteiger charge is 2.12. The summed E-state index contributed by atoms with van der Waals surface area (Å²) in [5.74, 6) is -1.58. The van der Waals surface area contributed by atoms with Crippen molar-refractivity contribution in [3.63, 3.8) is 0 Å². The molecule has 0 aliphatic carbocycles. The molecule has 2 aromatic carbocycles. The van der Waals surface area contributed by atoms with E-state index in [1.54, 1.807) is 0 Å². The number of pyridine rings is 1. The van der Waals surface area contributed by atoms with E-state index in [0.29, 0.717) is 11.3 Å². The van der Waals surface area contributed by atoms with Crippen LogP contribution in [0.1, 0.15) is 26.3 Å². The van der Waals surface area contributed by atoms with Gasteiger partial charge in [-0.3, -0.25) is 14.4 Å². The highest BCUT2D eigenvalue weighted by molar-refractivity contribution is 6.31. The van der Waals surface area contributed by atoms with Crippen LogP contribution in [0.2, 0.25) is 5.02 Å². The zero-order chi connectivity index (χ0) is 20.3. The Balaban J connectivity index is 1.83. The summed E-state index contributed by atoms with van der Waals surface area (Å²) in [7, 11) is 0. The van der Waals surface area contributed by atoms with E-state index in [1.165, 1.54) is 65.4 Å². The normalized spacial score (nSPS) is 10.5. The maximum Gasteiger partial charge on any atom is 0.257 e. The predicted molar refractivity (Wildman–Crippen MR) is 104 cm³/mol. The topological polar surface area (TPSA) is 94.2 Å². The van der Waals surface area contributed by atoms with Crippen LogP contribution >= 0.6 is 11.6 Å². The summed E-state index contributed by atoms with van der Waals surface area (Å²) in [6, 6.07) is 12.9. The van der Waals surface area contributed by atoms with E-state index < -0.39 is 23.2 Å². The Labute approximate surface area is 164 Å². The molecule has 0 atom stereocenters. The summed E-state index contributed by atoms with van der Waals surface area (Å²) >= 11 is 6.01. The molecule has 1 aromatic heterocycles. The minimum absolute atomic E-state index is 0.112. The number of hydrogen-bond acceptors (Lipinski definition) is 3. The molecule has 3 rings (SSSR count). The van der Waals surface area contributed by atoms with Gasteiger partial charge in [0.1, 0.15) is 5.82 Å². The third-order valence-corrected chi connectivity index (χ3v) is 4.42. The van der Waals surface area contributed by atoms with Gasteiger partial charge in [-0.1, -0.05) is 17.7 Å². The molecule has 0 spiro atoms. The smallest absolute Gasteiger partial charge is 0.257 e. The monoisotopic (exact) mass is 399 g/mol. The van der Waals surface area contributed by atoms with Crippen LogP contribution in [0.5, 0.6) is 0 Å². The molecule has 0 bridgehead atoms. The molecule has 0 aliphatic heterocycles. The molecule has 0 fully saturated rings. The van der Waals surface area contributed by atoms with Gasteiger partial charge in [0.2, 0.25) is 5.91 Å². The Bertz CT molecular complexity index is 1090. The lowest BCUT2D eigenvalue weighted by atomic mass is 10.2. The molecule has 8 heteroatoms. The number of rotatable bonds is 5. The third-order valence-electron chi connectivity index (χ3n) is 4.06. The largest absolute Gasteiger partial charge is 0.366 e. The van der Waals surface area contributed by atoms with Gasteiger partial charge in [0, 0.05) is 34.1 Å². The Morgan fingerprint density at radius 2 is 1.71 bits per heavy atom. The van der Waals surface area contributed by atoms with Crippen LogP contribution in [-0.2, 0) is 6.54 Å². The molecule has 2 amide bonds. The van der Waals surface area contributed by atoms with Crippen LogP contribution in [-0.4, -0.2) is 16.4 Å². The first-order valence-corrected chi connectivity index (χ1v) is 8.57. The molecule has 28 heavy (non-hydrogen) atoms. The second kappa shape index (κ2) is 8.06. The molecule has 0 saturated carbocycles. The number of hydrogen-bond donors (Lipinski definition) is 2. The van der Waals surface area contributed by atoms with E-state index in [0.717, 1.165) is 0 Å². The highest BCUT2D eigenvalue weighted by Crippen LogP contribution is 2.19. The number of nitrogens with one attached hydrogen (secondary N) is 1. The van der Waals surface area contributed by atoms with E-state index in [9.17, 15) is 18.8 Å². The fourth-order valence-electron chi connectivity index (χ4n) is 2.56. The van der Waals surface area contributed by atoms with Crippen LogP contribution in [0.15, 0.2) is 65.6 Å². The number of anilines is 1. The average Bonchev–Trinajstić information content (AvgIpc) is 2.66. The van der Waals surface area contributed by atoms with Crippen molar-refractivity contribution >= 4 is 29.1 Å². The molecular formula is C20H15ClFN3O3. The standard InChI is InChI=1S/C20H15ClFN3O3/c21-16-2-1-3-17(22)15(16)11-25-10-13(6-9-18(25)26)20(28)24-14-7-4-12(5-8-14)19(23)27/h1-10H,11H2,(H2,23,27)(H,24,28). The van der Waals surface area contributed by atoms with Gasteiger partial charge in [0.05, 0.1) is 12.1 Å². The molecule has 3 aromatic rings. The number of carbonyl (C=O) groups excluding carboxylic acids is 2. The lowest BCUT2D eigenvalue weighted by Gasteiger charge is -2.11. The van der Waals surface area contributed by atoms with E-state index >= 15 is 0 Å². The van der Waals surface area contributed by atoms with Gasteiger partial charge in [0.15, 0.2) is 0 Å². The molecule has 6 nitrogen and oxygen atoms in total. The van der Waals surface area contributed by atoms with E-state index in [-0.39, 0.29) is 22.7 Å². The Morgan fingerprint density at radius 1 is 1.04 bits per heavy atom. The van der Waals surface area contributed by atoms with Gasteiger partial charge in [0.25, 0.3) is 11.5 Å². The fraction of sp³-hybridized carbons (Fsp3) is 0.0500. The summed E-state index contributed by atoms with van der Waals surface area (Å²) < 4.78 is 15.2. The molecule has 0 unspecified atom stereocenters. The number of nitrogens with two attached hydrogens (primary N) is 1. The van der Waals surface area contributed by atoms with Gasteiger partial charge in [-0.25, -0.2) is 4.39 Å². The number of carbonyl (C=O) groups is 2.